The smallest absolute Gasteiger partial charge is 0.170 e. The number of nitrogens with zero attached hydrogens (tertiary/aromatic N) is 3. The number of hydrogen-bond acceptors (Lipinski definition) is 3. The van der Waals surface area contributed by atoms with Crippen molar-refractivity contribution in [2.24, 2.45) is 0 Å². The number of pyridine rings is 1. The van der Waals surface area contributed by atoms with E-state index in [1.54, 1.807) is 7.11 Å². The number of rotatable bonds is 5. The van der Waals surface area contributed by atoms with Crippen LogP contribution in [0, 0.1) is 13.8 Å². The average Bonchev–Trinajstić information content (AvgIpc) is 3.24. The normalized spacial score (nSPS) is 18.7. The van der Waals surface area contributed by atoms with Gasteiger partial charge in [-0.2, -0.15) is 0 Å². The van der Waals surface area contributed by atoms with Gasteiger partial charge in [-0.1, -0.05) is 12.1 Å². The number of methoxy groups -OCH3 is 1. The first-order valence-electron chi connectivity index (χ1n) is 10.3. The number of hydrogen-bond donors (Lipinski definition) is 1. The van der Waals surface area contributed by atoms with Crippen LogP contribution in [-0.4, -0.2) is 32.7 Å². The van der Waals surface area contributed by atoms with Gasteiger partial charge in [0.25, 0.3) is 0 Å². The lowest BCUT2D eigenvalue weighted by molar-refractivity contribution is 0.269. The maximum absolute atomic E-state index is 5.74. The summed E-state index contributed by atoms with van der Waals surface area (Å²) in [5.41, 5.74) is 5.72. The minimum absolute atomic E-state index is 0.000333. The van der Waals surface area contributed by atoms with Gasteiger partial charge in [0.1, 0.15) is 5.75 Å². The lowest BCUT2D eigenvalue weighted by Gasteiger charge is -2.31. The third kappa shape index (κ3) is 3.45. The largest absolute Gasteiger partial charge is 0.497 e. The van der Waals surface area contributed by atoms with Crippen LogP contribution in [0.15, 0.2) is 54.7 Å². The minimum Gasteiger partial charge on any atom is -0.497 e. The fraction of sp³-hybridized carbons (Fsp3) is 0.333. The molecule has 2 atom stereocenters. The first-order valence-corrected chi connectivity index (χ1v) is 10.7. The van der Waals surface area contributed by atoms with Gasteiger partial charge in [0, 0.05) is 35.4 Å². The molecule has 0 amide bonds. The minimum atomic E-state index is 0.000333. The molecule has 6 heteroatoms. The monoisotopic (exact) mass is 420 g/mol. The number of thiocarbonyl (C=S) groups is 1. The van der Waals surface area contributed by atoms with Crippen LogP contribution in [0.25, 0.3) is 5.69 Å². The molecular weight excluding hydrogens is 392 g/mol. The van der Waals surface area contributed by atoms with Crippen molar-refractivity contribution in [3.8, 4) is 11.4 Å². The predicted octanol–water partition coefficient (Wildman–Crippen LogP) is 4.88. The van der Waals surface area contributed by atoms with Crippen molar-refractivity contribution in [1.29, 1.82) is 0 Å². The maximum atomic E-state index is 5.74. The van der Waals surface area contributed by atoms with Crippen molar-refractivity contribution < 1.29 is 4.74 Å². The highest BCUT2D eigenvalue weighted by molar-refractivity contribution is 7.80. The van der Waals surface area contributed by atoms with Crippen LogP contribution in [0.5, 0.6) is 5.75 Å². The van der Waals surface area contributed by atoms with Gasteiger partial charge in [-0.05, 0) is 75.8 Å². The summed E-state index contributed by atoms with van der Waals surface area (Å²) in [7, 11) is 1.70. The summed E-state index contributed by atoms with van der Waals surface area (Å²) >= 11 is 5.74. The van der Waals surface area contributed by atoms with E-state index in [4.69, 9.17) is 17.0 Å². The Morgan fingerprint density at radius 2 is 1.90 bits per heavy atom. The highest BCUT2D eigenvalue weighted by Gasteiger charge is 2.42. The molecule has 5 nitrogen and oxygen atoms in total. The Hall–Kier alpha value is -2.86. The van der Waals surface area contributed by atoms with Gasteiger partial charge in [0.2, 0.25) is 0 Å². The average molecular weight is 421 g/mol. The van der Waals surface area contributed by atoms with Gasteiger partial charge < -0.3 is 19.5 Å². The fourth-order valence-corrected chi connectivity index (χ4v) is 4.94. The topological polar surface area (TPSA) is 42.3 Å². The highest BCUT2D eigenvalue weighted by Crippen LogP contribution is 2.42. The van der Waals surface area contributed by atoms with E-state index in [1.165, 1.54) is 17.0 Å². The molecule has 1 fully saturated rings. The molecule has 156 valence electrons. The second-order valence-corrected chi connectivity index (χ2v) is 8.38. The fourth-order valence-electron chi connectivity index (χ4n) is 4.49. The van der Waals surface area contributed by atoms with Crippen LogP contribution in [-0.2, 0) is 0 Å². The molecule has 0 saturated carbocycles. The van der Waals surface area contributed by atoms with Crippen LogP contribution < -0.4 is 10.1 Å². The zero-order valence-electron chi connectivity index (χ0n) is 18.1. The molecule has 1 aliphatic heterocycles. The Bertz CT molecular complexity index is 1060. The molecule has 30 heavy (non-hydrogen) atoms. The summed E-state index contributed by atoms with van der Waals surface area (Å²) in [4.78, 5) is 6.93. The summed E-state index contributed by atoms with van der Waals surface area (Å²) < 4.78 is 7.73. The summed E-state index contributed by atoms with van der Waals surface area (Å²) in [6.07, 6.45) is 1.84. The zero-order valence-corrected chi connectivity index (χ0v) is 18.9. The SMILES string of the molecule is COc1cccc(-n2c(C)cc([C@H]3[C@H](c4ccccn4)NC(=S)N3C(C)C)c2C)c1. The third-order valence-electron chi connectivity index (χ3n) is 5.79. The molecule has 0 bridgehead atoms. The zero-order chi connectivity index (χ0) is 21.4. The van der Waals surface area contributed by atoms with E-state index in [2.05, 4.69) is 71.7 Å². The second-order valence-electron chi connectivity index (χ2n) is 7.99. The Morgan fingerprint density at radius 3 is 2.57 bits per heavy atom. The lowest BCUT2D eigenvalue weighted by atomic mass is 9.96. The van der Waals surface area contributed by atoms with Crippen molar-refractivity contribution in [1.82, 2.24) is 19.8 Å². The van der Waals surface area contributed by atoms with Crippen LogP contribution in [0.1, 0.15) is 48.6 Å². The summed E-state index contributed by atoms with van der Waals surface area (Å²) in [6.45, 7) is 8.69. The van der Waals surface area contributed by atoms with E-state index in [-0.39, 0.29) is 18.1 Å². The molecule has 4 rings (SSSR count). The molecule has 0 radical (unpaired) electrons. The number of aromatic nitrogens is 2. The number of nitrogens with one attached hydrogen (secondary N) is 1. The molecule has 0 unspecified atom stereocenters. The van der Waals surface area contributed by atoms with E-state index >= 15 is 0 Å². The van der Waals surface area contributed by atoms with E-state index in [0.29, 0.717) is 0 Å². The predicted molar refractivity (Wildman–Crippen MR) is 124 cm³/mol. The summed E-state index contributed by atoms with van der Waals surface area (Å²) in [5.74, 6) is 0.848. The molecule has 3 heterocycles. The van der Waals surface area contributed by atoms with Crippen LogP contribution in [0.3, 0.4) is 0 Å². The van der Waals surface area contributed by atoms with E-state index in [0.717, 1.165) is 22.2 Å². The molecular formula is C24H28N4OS. The van der Waals surface area contributed by atoms with Crippen LogP contribution in [0.2, 0.25) is 0 Å². The van der Waals surface area contributed by atoms with E-state index in [1.807, 2.05) is 30.5 Å². The summed E-state index contributed by atoms with van der Waals surface area (Å²) in [6, 6.07) is 16.8. The van der Waals surface area contributed by atoms with E-state index < -0.39 is 0 Å². The van der Waals surface area contributed by atoms with Crippen molar-refractivity contribution >= 4 is 17.3 Å². The molecule has 0 spiro atoms. The second kappa shape index (κ2) is 8.11. The van der Waals surface area contributed by atoms with Crippen molar-refractivity contribution in [3.05, 3.63) is 77.4 Å². The quantitative estimate of drug-likeness (QED) is 0.596. The number of benzene rings is 1. The molecule has 0 aliphatic carbocycles. The first kappa shape index (κ1) is 20.4. The van der Waals surface area contributed by atoms with Crippen LogP contribution in [0.4, 0.5) is 0 Å². The lowest BCUT2D eigenvalue weighted by Crippen LogP contribution is -2.35. The first-order chi connectivity index (χ1) is 14.4. The Morgan fingerprint density at radius 1 is 1.10 bits per heavy atom. The van der Waals surface area contributed by atoms with E-state index in [9.17, 15) is 0 Å². The summed E-state index contributed by atoms with van der Waals surface area (Å²) in [5, 5.41) is 4.30. The van der Waals surface area contributed by atoms with Gasteiger partial charge in [-0.3, -0.25) is 4.98 Å². The Labute approximate surface area is 183 Å². The van der Waals surface area contributed by atoms with Gasteiger partial charge in [0.15, 0.2) is 5.11 Å². The van der Waals surface area contributed by atoms with Crippen molar-refractivity contribution in [3.63, 3.8) is 0 Å². The van der Waals surface area contributed by atoms with Crippen LogP contribution >= 0.6 is 12.2 Å². The Kier molecular flexibility index (Phi) is 5.52. The molecule has 2 aromatic heterocycles. The third-order valence-corrected chi connectivity index (χ3v) is 6.12. The number of aryl methyl sites for hydroxylation is 1. The van der Waals surface area contributed by atoms with Gasteiger partial charge in [-0.25, -0.2) is 0 Å². The molecule has 1 aromatic carbocycles. The molecule has 3 aromatic rings. The van der Waals surface area contributed by atoms with Gasteiger partial charge in [-0.15, -0.1) is 0 Å². The maximum Gasteiger partial charge on any atom is 0.170 e. The highest BCUT2D eigenvalue weighted by atomic mass is 32.1. The van der Waals surface area contributed by atoms with Gasteiger partial charge >= 0.3 is 0 Å². The molecule has 1 aliphatic rings. The molecule has 1 N–H and O–H groups in total. The standard InChI is InChI=1S/C24H28N4OS/c1-15(2)27-23(22(26-24(27)30)21-11-6-7-12-25-21)20-13-16(3)28(17(20)4)18-9-8-10-19(14-18)29-5/h6-15,22-23H,1-5H3,(H,26,30)/t22-,23-/m0/s1. The Balaban J connectivity index is 1.85. The van der Waals surface area contributed by atoms with Crippen molar-refractivity contribution in [2.45, 2.75) is 45.8 Å². The van der Waals surface area contributed by atoms with Gasteiger partial charge in [0.05, 0.1) is 24.9 Å². The number of ether oxygens (including phenoxy) is 1. The molecule has 1 saturated heterocycles. The van der Waals surface area contributed by atoms with Crippen molar-refractivity contribution in [2.75, 3.05) is 7.11 Å².